The van der Waals surface area contributed by atoms with Gasteiger partial charge < -0.3 is 0 Å². The summed E-state index contributed by atoms with van der Waals surface area (Å²) in [5.41, 5.74) is 1.71. The third-order valence-corrected chi connectivity index (χ3v) is 3.54. The Labute approximate surface area is 114 Å². The molecule has 0 fully saturated rings. The fourth-order valence-electron chi connectivity index (χ4n) is 2.56. The van der Waals surface area contributed by atoms with E-state index in [-0.39, 0.29) is 11.7 Å². The highest BCUT2D eigenvalue weighted by Gasteiger charge is 2.18. The molecule has 0 saturated heterocycles. The van der Waals surface area contributed by atoms with E-state index in [4.69, 9.17) is 0 Å². The van der Waals surface area contributed by atoms with Crippen molar-refractivity contribution in [3.8, 4) is 0 Å². The molecule has 0 saturated carbocycles. The van der Waals surface area contributed by atoms with Gasteiger partial charge in [-0.3, -0.25) is 9.78 Å². The second-order valence-corrected chi connectivity index (χ2v) is 5.05. The summed E-state index contributed by atoms with van der Waals surface area (Å²) in [7, 11) is 0. The molecule has 1 aromatic heterocycles. The zero-order valence-electron chi connectivity index (χ0n) is 11.7. The molecule has 0 aliphatic rings. The minimum Gasteiger partial charge on any atom is -0.294 e. The van der Waals surface area contributed by atoms with Crippen LogP contribution in [0.4, 0.5) is 0 Å². The number of hydrogen-bond acceptors (Lipinski definition) is 2. The number of Topliss-reactive ketones (excluding diaryl/α,β-unsaturated/α-hetero) is 1. The highest BCUT2D eigenvalue weighted by Crippen LogP contribution is 2.21. The van der Waals surface area contributed by atoms with Gasteiger partial charge in [-0.1, -0.05) is 44.9 Å². The summed E-state index contributed by atoms with van der Waals surface area (Å²) in [5, 5.41) is 1.08. The largest absolute Gasteiger partial charge is 0.294 e. The SMILES string of the molecule is CCCC(CCC)C(=O)c1ccc2cccnc2c1. The summed E-state index contributed by atoms with van der Waals surface area (Å²) in [4.78, 5) is 16.9. The van der Waals surface area contributed by atoms with Crippen molar-refractivity contribution in [3.63, 3.8) is 0 Å². The molecule has 0 aliphatic carbocycles. The van der Waals surface area contributed by atoms with Crippen LogP contribution in [0.25, 0.3) is 10.9 Å². The highest BCUT2D eigenvalue weighted by molar-refractivity contribution is 6.00. The summed E-state index contributed by atoms with van der Waals surface area (Å²) in [6.07, 6.45) is 5.84. The van der Waals surface area contributed by atoms with Crippen molar-refractivity contribution in [1.82, 2.24) is 4.98 Å². The van der Waals surface area contributed by atoms with Gasteiger partial charge in [0, 0.05) is 23.1 Å². The molecule has 0 unspecified atom stereocenters. The van der Waals surface area contributed by atoms with Crippen molar-refractivity contribution in [3.05, 3.63) is 42.1 Å². The molecule has 100 valence electrons. The molecule has 1 aromatic carbocycles. The van der Waals surface area contributed by atoms with Gasteiger partial charge in [0.05, 0.1) is 5.52 Å². The van der Waals surface area contributed by atoms with Crippen LogP contribution in [0.1, 0.15) is 49.9 Å². The van der Waals surface area contributed by atoms with Gasteiger partial charge in [0.1, 0.15) is 0 Å². The van der Waals surface area contributed by atoms with E-state index in [1.807, 2.05) is 30.3 Å². The number of nitrogens with zero attached hydrogens (tertiary/aromatic N) is 1. The number of carbonyl (C=O) groups is 1. The monoisotopic (exact) mass is 255 g/mol. The van der Waals surface area contributed by atoms with E-state index < -0.39 is 0 Å². The van der Waals surface area contributed by atoms with Gasteiger partial charge in [-0.2, -0.15) is 0 Å². The zero-order chi connectivity index (χ0) is 13.7. The molecule has 0 atom stereocenters. The zero-order valence-corrected chi connectivity index (χ0v) is 11.7. The maximum absolute atomic E-state index is 12.5. The van der Waals surface area contributed by atoms with E-state index >= 15 is 0 Å². The predicted octanol–water partition coefficient (Wildman–Crippen LogP) is 4.63. The molecular weight excluding hydrogens is 234 g/mol. The average molecular weight is 255 g/mol. The topological polar surface area (TPSA) is 30.0 Å². The molecule has 1 heterocycles. The molecule has 2 aromatic rings. The molecule has 19 heavy (non-hydrogen) atoms. The van der Waals surface area contributed by atoms with Crippen LogP contribution in [0.2, 0.25) is 0 Å². The first-order valence-corrected chi connectivity index (χ1v) is 7.15. The van der Waals surface area contributed by atoms with Gasteiger partial charge in [0.25, 0.3) is 0 Å². The molecule has 0 spiro atoms. The minimum atomic E-state index is 0.163. The Bertz CT molecular complexity index is 556. The molecule has 0 N–H and O–H groups in total. The van der Waals surface area contributed by atoms with Crippen LogP contribution >= 0.6 is 0 Å². The number of ketones is 1. The summed E-state index contributed by atoms with van der Waals surface area (Å²) in [6, 6.07) is 9.79. The molecule has 0 bridgehead atoms. The summed E-state index contributed by atoms with van der Waals surface area (Å²) >= 11 is 0. The van der Waals surface area contributed by atoms with Crippen molar-refractivity contribution in [2.75, 3.05) is 0 Å². The van der Waals surface area contributed by atoms with Crippen LogP contribution in [0.3, 0.4) is 0 Å². The fraction of sp³-hybridized carbons (Fsp3) is 0.412. The Balaban J connectivity index is 2.29. The molecule has 0 amide bonds. The van der Waals surface area contributed by atoms with E-state index in [0.717, 1.165) is 42.1 Å². The minimum absolute atomic E-state index is 0.163. The lowest BCUT2D eigenvalue weighted by Crippen LogP contribution is -2.14. The molecular formula is C17H21NO. The maximum atomic E-state index is 12.5. The molecule has 2 nitrogen and oxygen atoms in total. The Kier molecular flexibility index (Phi) is 4.67. The third kappa shape index (κ3) is 3.19. The number of pyridine rings is 1. The lowest BCUT2D eigenvalue weighted by molar-refractivity contribution is 0.0905. The number of fused-ring (bicyclic) bond motifs is 1. The number of benzene rings is 1. The second-order valence-electron chi connectivity index (χ2n) is 5.05. The van der Waals surface area contributed by atoms with Crippen molar-refractivity contribution in [2.45, 2.75) is 39.5 Å². The van der Waals surface area contributed by atoms with Crippen molar-refractivity contribution >= 4 is 16.7 Å². The van der Waals surface area contributed by atoms with E-state index in [9.17, 15) is 4.79 Å². The average Bonchev–Trinajstić information content (AvgIpc) is 2.46. The van der Waals surface area contributed by atoms with Gasteiger partial charge in [0.15, 0.2) is 5.78 Å². The lowest BCUT2D eigenvalue weighted by Gasteiger charge is -2.14. The fourth-order valence-corrected chi connectivity index (χ4v) is 2.56. The van der Waals surface area contributed by atoms with E-state index in [0.29, 0.717) is 0 Å². The molecule has 2 rings (SSSR count). The number of aromatic nitrogens is 1. The van der Waals surface area contributed by atoms with Crippen molar-refractivity contribution in [1.29, 1.82) is 0 Å². The number of rotatable bonds is 6. The standard InChI is InChI=1S/C17H21NO/c1-3-6-14(7-4-2)17(19)15-10-9-13-8-5-11-18-16(13)12-15/h5,8-12,14H,3-4,6-7H2,1-2H3. The maximum Gasteiger partial charge on any atom is 0.166 e. The predicted molar refractivity (Wildman–Crippen MR) is 79.4 cm³/mol. The number of hydrogen-bond donors (Lipinski definition) is 0. The second kappa shape index (κ2) is 6.46. The van der Waals surface area contributed by atoms with Crippen LogP contribution in [0.15, 0.2) is 36.5 Å². The van der Waals surface area contributed by atoms with Gasteiger partial charge in [-0.15, -0.1) is 0 Å². The normalized spacial score (nSPS) is 11.1. The Morgan fingerprint density at radius 2 is 1.89 bits per heavy atom. The first-order chi connectivity index (χ1) is 9.26. The summed E-state index contributed by atoms with van der Waals surface area (Å²) in [5.74, 6) is 0.437. The van der Waals surface area contributed by atoms with Gasteiger partial charge in [-0.05, 0) is 25.0 Å². The lowest BCUT2D eigenvalue weighted by atomic mass is 9.89. The van der Waals surface area contributed by atoms with Crippen LogP contribution in [-0.2, 0) is 0 Å². The van der Waals surface area contributed by atoms with Crippen LogP contribution < -0.4 is 0 Å². The quantitative estimate of drug-likeness (QED) is 0.704. The van der Waals surface area contributed by atoms with Crippen LogP contribution in [0, 0.1) is 5.92 Å². The van der Waals surface area contributed by atoms with E-state index in [2.05, 4.69) is 18.8 Å². The molecule has 0 aliphatic heterocycles. The number of carbonyl (C=O) groups excluding carboxylic acids is 1. The van der Waals surface area contributed by atoms with Gasteiger partial charge in [0.2, 0.25) is 0 Å². The Hall–Kier alpha value is -1.70. The summed E-state index contributed by atoms with van der Waals surface area (Å²) < 4.78 is 0. The van der Waals surface area contributed by atoms with Crippen LogP contribution in [0.5, 0.6) is 0 Å². The summed E-state index contributed by atoms with van der Waals surface area (Å²) in [6.45, 7) is 4.27. The van der Waals surface area contributed by atoms with E-state index in [1.165, 1.54) is 0 Å². The molecule has 2 heteroatoms. The Morgan fingerprint density at radius 1 is 1.16 bits per heavy atom. The van der Waals surface area contributed by atoms with Gasteiger partial charge in [-0.25, -0.2) is 0 Å². The van der Waals surface area contributed by atoms with Crippen molar-refractivity contribution < 1.29 is 4.79 Å². The Morgan fingerprint density at radius 3 is 2.58 bits per heavy atom. The van der Waals surface area contributed by atoms with Crippen molar-refractivity contribution in [2.24, 2.45) is 5.92 Å². The highest BCUT2D eigenvalue weighted by atomic mass is 16.1. The van der Waals surface area contributed by atoms with Gasteiger partial charge >= 0.3 is 0 Å². The smallest absolute Gasteiger partial charge is 0.166 e. The van der Waals surface area contributed by atoms with E-state index in [1.54, 1.807) is 6.20 Å². The molecule has 0 radical (unpaired) electrons. The van der Waals surface area contributed by atoms with Crippen LogP contribution in [-0.4, -0.2) is 10.8 Å². The first-order valence-electron chi connectivity index (χ1n) is 7.15. The first kappa shape index (κ1) is 13.7. The third-order valence-electron chi connectivity index (χ3n) is 3.54.